The Kier molecular flexibility index (Phi) is 6.85. The van der Waals surface area contributed by atoms with Crippen molar-refractivity contribution in [2.75, 3.05) is 11.9 Å². The van der Waals surface area contributed by atoms with Crippen molar-refractivity contribution in [1.82, 2.24) is 0 Å². The molecule has 0 fully saturated rings. The third-order valence-corrected chi connectivity index (χ3v) is 3.91. The molecule has 0 unspecified atom stereocenters. The molecule has 0 heterocycles. The van der Waals surface area contributed by atoms with E-state index >= 15 is 0 Å². The van der Waals surface area contributed by atoms with Crippen LogP contribution in [0.3, 0.4) is 0 Å². The smallest absolute Gasteiger partial charge is 0.266 e. The van der Waals surface area contributed by atoms with Gasteiger partial charge in [0.2, 0.25) is 0 Å². The second kappa shape index (κ2) is 9.10. The van der Waals surface area contributed by atoms with Gasteiger partial charge in [0.25, 0.3) is 5.91 Å². The number of aryl methyl sites for hydroxylation is 1. The summed E-state index contributed by atoms with van der Waals surface area (Å²) in [4.78, 5) is 12.3. The van der Waals surface area contributed by atoms with Gasteiger partial charge in [-0.1, -0.05) is 53.6 Å². The molecular weight excluding hydrogens is 371 g/mol. The van der Waals surface area contributed by atoms with Crippen LogP contribution in [-0.4, -0.2) is 12.5 Å². The van der Waals surface area contributed by atoms with E-state index in [2.05, 4.69) is 11.9 Å². The Bertz CT molecular complexity index is 874. The lowest BCUT2D eigenvalue weighted by Gasteiger charge is -2.09. The molecular formula is C20H16Cl2N2O2. The Morgan fingerprint density at radius 3 is 2.42 bits per heavy atom. The van der Waals surface area contributed by atoms with Gasteiger partial charge in [-0.3, -0.25) is 4.79 Å². The zero-order chi connectivity index (χ0) is 19.1. The van der Waals surface area contributed by atoms with Crippen LogP contribution in [0.5, 0.6) is 5.75 Å². The van der Waals surface area contributed by atoms with E-state index in [1.165, 1.54) is 6.08 Å². The van der Waals surface area contributed by atoms with Crippen molar-refractivity contribution in [3.63, 3.8) is 0 Å². The lowest BCUT2D eigenvalue weighted by molar-refractivity contribution is -0.112. The second-order valence-electron chi connectivity index (χ2n) is 5.40. The van der Waals surface area contributed by atoms with Gasteiger partial charge in [0.15, 0.2) is 5.75 Å². The molecule has 2 aromatic rings. The molecule has 0 radical (unpaired) electrons. The molecule has 132 valence electrons. The van der Waals surface area contributed by atoms with Crippen LogP contribution in [-0.2, 0) is 4.79 Å². The van der Waals surface area contributed by atoms with Crippen LogP contribution >= 0.6 is 23.2 Å². The van der Waals surface area contributed by atoms with E-state index < -0.39 is 5.91 Å². The van der Waals surface area contributed by atoms with Crippen molar-refractivity contribution in [3.05, 3.63) is 75.8 Å². The summed E-state index contributed by atoms with van der Waals surface area (Å²) in [6.45, 7) is 5.77. The number of nitrogens with zero attached hydrogens (tertiary/aromatic N) is 1. The first-order valence-corrected chi connectivity index (χ1v) is 8.42. The molecule has 26 heavy (non-hydrogen) atoms. The molecule has 0 bridgehead atoms. The minimum atomic E-state index is -0.518. The summed E-state index contributed by atoms with van der Waals surface area (Å²) in [5, 5.41) is 12.5. The fourth-order valence-corrected chi connectivity index (χ4v) is 2.71. The van der Waals surface area contributed by atoms with Gasteiger partial charge in [-0.15, -0.1) is 0 Å². The molecule has 1 N–H and O–H groups in total. The van der Waals surface area contributed by atoms with Gasteiger partial charge in [0.05, 0.1) is 10.0 Å². The molecule has 0 atom stereocenters. The Balaban J connectivity index is 2.24. The van der Waals surface area contributed by atoms with Crippen molar-refractivity contribution in [2.45, 2.75) is 6.92 Å². The first-order chi connectivity index (χ1) is 12.4. The number of amides is 1. The number of hydrogen-bond donors (Lipinski definition) is 1. The highest BCUT2D eigenvalue weighted by molar-refractivity contribution is 6.37. The van der Waals surface area contributed by atoms with E-state index in [0.717, 1.165) is 5.56 Å². The molecule has 0 aliphatic rings. The first-order valence-electron chi connectivity index (χ1n) is 7.67. The van der Waals surface area contributed by atoms with Gasteiger partial charge < -0.3 is 10.1 Å². The number of rotatable bonds is 6. The van der Waals surface area contributed by atoms with Gasteiger partial charge in [-0.2, -0.15) is 5.26 Å². The maximum absolute atomic E-state index is 12.3. The summed E-state index contributed by atoms with van der Waals surface area (Å²) >= 11 is 12.3. The number of nitrogens with one attached hydrogen (secondary N) is 1. The minimum absolute atomic E-state index is 0.0718. The highest BCUT2D eigenvalue weighted by Crippen LogP contribution is 2.35. The van der Waals surface area contributed by atoms with Crippen LogP contribution in [0, 0.1) is 18.3 Å². The van der Waals surface area contributed by atoms with E-state index in [9.17, 15) is 10.1 Å². The first kappa shape index (κ1) is 19.6. The topological polar surface area (TPSA) is 62.1 Å². The molecule has 0 saturated heterocycles. The normalized spacial score (nSPS) is 10.8. The number of carbonyl (C=O) groups excluding carboxylic acids is 1. The van der Waals surface area contributed by atoms with Crippen LogP contribution in [0.4, 0.5) is 5.69 Å². The molecule has 6 heteroatoms. The number of halogens is 2. The lowest BCUT2D eigenvalue weighted by Crippen LogP contribution is -2.13. The van der Waals surface area contributed by atoms with Crippen LogP contribution in [0.1, 0.15) is 11.1 Å². The SMILES string of the molecule is C=CCOc1c(Cl)cc(C=C(C#N)C(=O)Nc2ccc(C)cc2)cc1Cl. The average Bonchev–Trinajstić information content (AvgIpc) is 2.61. The number of anilines is 1. The Morgan fingerprint density at radius 1 is 1.27 bits per heavy atom. The van der Waals surface area contributed by atoms with Crippen LogP contribution < -0.4 is 10.1 Å². The molecule has 2 rings (SSSR count). The molecule has 1 amide bonds. The number of carbonyl (C=O) groups is 1. The fourth-order valence-electron chi connectivity index (χ4n) is 2.09. The van der Waals surface area contributed by atoms with Crippen molar-refractivity contribution >= 4 is 40.9 Å². The molecule has 2 aromatic carbocycles. The largest absolute Gasteiger partial charge is 0.486 e. The number of nitriles is 1. The zero-order valence-corrected chi connectivity index (χ0v) is 15.6. The summed E-state index contributed by atoms with van der Waals surface area (Å²) in [6, 6.07) is 12.3. The number of hydrogen-bond acceptors (Lipinski definition) is 3. The Morgan fingerprint density at radius 2 is 1.88 bits per heavy atom. The molecule has 0 aliphatic carbocycles. The van der Waals surface area contributed by atoms with Gasteiger partial charge in [0.1, 0.15) is 18.2 Å². The third-order valence-electron chi connectivity index (χ3n) is 3.35. The van der Waals surface area contributed by atoms with Crippen molar-refractivity contribution in [2.24, 2.45) is 0 Å². The Labute approximate surface area is 162 Å². The van der Waals surface area contributed by atoms with E-state index in [1.54, 1.807) is 30.3 Å². The Hall–Kier alpha value is -2.74. The van der Waals surface area contributed by atoms with Gasteiger partial charge in [0, 0.05) is 5.69 Å². The molecule has 4 nitrogen and oxygen atoms in total. The van der Waals surface area contributed by atoms with Crippen LogP contribution in [0.2, 0.25) is 10.0 Å². The average molecular weight is 387 g/mol. The highest BCUT2D eigenvalue weighted by Gasteiger charge is 2.12. The predicted octanol–water partition coefficient (Wildman–Crippen LogP) is 5.41. The van der Waals surface area contributed by atoms with Gasteiger partial charge in [-0.05, 0) is 42.8 Å². The maximum Gasteiger partial charge on any atom is 0.266 e. The fraction of sp³-hybridized carbons (Fsp3) is 0.100. The standard InChI is InChI=1S/C20H16Cl2N2O2/c1-3-8-26-19-17(21)10-14(11-18(19)22)9-15(12-23)20(25)24-16-6-4-13(2)5-7-16/h3-7,9-11H,1,8H2,2H3,(H,24,25). The summed E-state index contributed by atoms with van der Waals surface area (Å²) in [5.41, 5.74) is 2.12. The van der Waals surface area contributed by atoms with Crippen LogP contribution in [0.25, 0.3) is 6.08 Å². The summed E-state index contributed by atoms with van der Waals surface area (Å²) in [7, 11) is 0. The molecule has 0 saturated carbocycles. The van der Waals surface area contributed by atoms with Crippen molar-refractivity contribution < 1.29 is 9.53 Å². The van der Waals surface area contributed by atoms with E-state index in [-0.39, 0.29) is 22.2 Å². The summed E-state index contributed by atoms with van der Waals surface area (Å²) in [6.07, 6.45) is 2.99. The van der Waals surface area contributed by atoms with E-state index in [0.29, 0.717) is 17.0 Å². The van der Waals surface area contributed by atoms with E-state index in [1.807, 2.05) is 25.1 Å². The lowest BCUT2D eigenvalue weighted by atomic mass is 10.1. The molecule has 0 spiro atoms. The summed E-state index contributed by atoms with van der Waals surface area (Å²) < 4.78 is 5.39. The predicted molar refractivity (Wildman–Crippen MR) is 106 cm³/mol. The zero-order valence-electron chi connectivity index (χ0n) is 14.1. The maximum atomic E-state index is 12.3. The second-order valence-corrected chi connectivity index (χ2v) is 6.22. The van der Waals surface area contributed by atoms with E-state index in [4.69, 9.17) is 27.9 Å². The summed E-state index contributed by atoms with van der Waals surface area (Å²) in [5.74, 6) is -0.191. The monoisotopic (exact) mass is 386 g/mol. The number of benzene rings is 2. The number of ether oxygens (including phenoxy) is 1. The quantitative estimate of drug-likeness (QED) is 0.409. The van der Waals surface area contributed by atoms with Crippen molar-refractivity contribution in [3.8, 4) is 11.8 Å². The highest BCUT2D eigenvalue weighted by atomic mass is 35.5. The van der Waals surface area contributed by atoms with Crippen molar-refractivity contribution in [1.29, 1.82) is 5.26 Å². The third kappa shape index (κ3) is 5.13. The van der Waals surface area contributed by atoms with Gasteiger partial charge >= 0.3 is 0 Å². The minimum Gasteiger partial charge on any atom is -0.486 e. The molecule has 0 aromatic heterocycles. The van der Waals surface area contributed by atoms with Crippen LogP contribution in [0.15, 0.2) is 54.6 Å². The van der Waals surface area contributed by atoms with Gasteiger partial charge in [-0.25, -0.2) is 0 Å². The molecule has 0 aliphatic heterocycles.